The van der Waals surface area contributed by atoms with E-state index in [0.29, 0.717) is 5.41 Å². The van der Waals surface area contributed by atoms with Crippen LogP contribution in [0.2, 0.25) is 0 Å². The molecule has 2 aromatic carbocycles. The largest absolute Gasteiger partial charge is 0.352 e. The first-order valence-electron chi connectivity index (χ1n) is 11.2. The van der Waals surface area contributed by atoms with E-state index in [-0.39, 0.29) is 17.2 Å². The summed E-state index contributed by atoms with van der Waals surface area (Å²) in [5, 5.41) is 3.28. The Hall–Kier alpha value is -1.74. The highest BCUT2D eigenvalue weighted by atomic mass is 32.2. The fourth-order valence-electron chi connectivity index (χ4n) is 6.69. The van der Waals surface area contributed by atoms with Gasteiger partial charge in [0, 0.05) is 10.9 Å². The normalized spacial score (nSPS) is 32.0. The molecule has 4 saturated carbocycles. The lowest BCUT2D eigenvalue weighted by Crippen LogP contribution is -2.56. The van der Waals surface area contributed by atoms with E-state index in [9.17, 15) is 4.79 Å². The van der Waals surface area contributed by atoms with E-state index in [4.69, 9.17) is 0 Å². The number of rotatable bonds is 6. The number of nitrogens with one attached hydrogen (secondary N) is 1. The summed E-state index contributed by atoms with van der Waals surface area (Å²) in [6.45, 7) is 2.28. The third-order valence-electron chi connectivity index (χ3n) is 7.70. The summed E-state index contributed by atoms with van der Waals surface area (Å²) in [5.74, 6) is 2.88. The summed E-state index contributed by atoms with van der Waals surface area (Å²) >= 11 is 1.66. The molecule has 6 rings (SSSR count). The predicted octanol–water partition coefficient (Wildman–Crippen LogP) is 6.24. The maximum Gasteiger partial charge on any atom is 0.238 e. The molecule has 0 spiro atoms. The second-order valence-electron chi connectivity index (χ2n) is 9.73. The number of amides is 1. The molecule has 2 aromatic rings. The van der Waals surface area contributed by atoms with Crippen LogP contribution in [-0.2, 0) is 4.79 Å². The van der Waals surface area contributed by atoms with Crippen LogP contribution in [0, 0.1) is 23.2 Å². The van der Waals surface area contributed by atoms with Crippen molar-refractivity contribution in [3.8, 4) is 0 Å². The van der Waals surface area contributed by atoms with Gasteiger partial charge < -0.3 is 5.32 Å². The number of carbonyl (C=O) groups is 1. The Balaban J connectivity index is 1.35. The first kappa shape index (κ1) is 19.2. The van der Waals surface area contributed by atoms with Gasteiger partial charge >= 0.3 is 0 Å². The van der Waals surface area contributed by atoms with Crippen molar-refractivity contribution < 1.29 is 4.79 Å². The van der Waals surface area contributed by atoms with Crippen LogP contribution in [0.5, 0.6) is 0 Å². The van der Waals surface area contributed by atoms with Crippen LogP contribution >= 0.6 is 11.8 Å². The van der Waals surface area contributed by atoms with Gasteiger partial charge in [0.25, 0.3) is 0 Å². The van der Waals surface area contributed by atoms with Crippen molar-refractivity contribution in [2.24, 2.45) is 23.2 Å². The van der Waals surface area contributed by atoms with E-state index in [1.54, 1.807) is 11.8 Å². The quantitative estimate of drug-likeness (QED) is 0.576. The van der Waals surface area contributed by atoms with Crippen LogP contribution in [0.3, 0.4) is 0 Å². The first-order valence-corrected chi connectivity index (χ1v) is 12.1. The Labute approximate surface area is 178 Å². The summed E-state index contributed by atoms with van der Waals surface area (Å²) in [4.78, 5) is 14.7. The van der Waals surface area contributed by atoms with Gasteiger partial charge in [0.1, 0.15) is 5.25 Å². The van der Waals surface area contributed by atoms with Crippen molar-refractivity contribution in [2.75, 3.05) is 0 Å². The molecule has 152 valence electrons. The molecule has 3 heteroatoms. The van der Waals surface area contributed by atoms with Crippen LogP contribution in [0.4, 0.5) is 0 Å². The molecule has 0 aliphatic heterocycles. The lowest BCUT2D eigenvalue weighted by atomic mass is 9.48. The Bertz CT molecular complexity index is 814. The highest BCUT2D eigenvalue weighted by Gasteiger charge is 2.53. The minimum Gasteiger partial charge on any atom is -0.352 e. The summed E-state index contributed by atoms with van der Waals surface area (Å²) < 4.78 is 0. The maximum absolute atomic E-state index is 13.5. The molecule has 0 saturated heterocycles. The van der Waals surface area contributed by atoms with E-state index in [1.807, 2.05) is 36.4 Å². The Kier molecular flexibility index (Phi) is 5.19. The second-order valence-corrected chi connectivity index (χ2v) is 10.9. The van der Waals surface area contributed by atoms with Gasteiger partial charge in [-0.05, 0) is 86.3 Å². The summed E-state index contributed by atoms with van der Waals surface area (Å²) in [6.07, 6.45) is 8.29. The minimum absolute atomic E-state index is 0.160. The van der Waals surface area contributed by atoms with Crippen LogP contribution < -0.4 is 5.32 Å². The topological polar surface area (TPSA) is 29.1 Å². The van der Waals surface area contributed by atoms with Gasteiger partial charge in [-0.15, -0.1) is 11.8 Å². The third kappa shape index (κ3) is 3.86. The molecule has 2 nitrogen and oxygen atoms in total. The zero-order chi connectivity index (χ0) is 19.8. The van der Waals surface area contributed by atoms with Crippen molar-refractivity contribution >= 4 is 17.7 Å². The van der Waals surface area contributed by atoms with Gasteiger partial charge in [0.15, 0.2) is 0 Å². The highest BCUT2D eigenvalue weighted by molar-refractivity contribution is 8.00. The van der Waals surface area contributed by atoms with Crippen molar-refractivity contribution in [1.29, 1.82) is 0 Å². The number of carbonyl (C=O) groups excluding carboxylic acids is 1. The van der Waals surface area contributed by atoms with Crippen molar-refractivity contribution in [1.82, 2.24) is 5.32 Å². The lowest BCUT2D eigenvalue weighted by molar-refractivity contribution is -0.125. The Morgan fingerprint density at radius 1 is 0.897 bits per heavy atom. The van der Waals surface area contributed by atoms with Crippen LogP contribution in [-0.4, -0.2) is 11.9 Å². The molecule has 0 unspecified atom stereocenters. The second kappa shape index (κ2) is 7.83. The number of thioether (sulfide) groups is 1. The van der Waals surface area contributed by atoms with Crippen LogP contribution in [0.1, 0.15) is 56.3 Å². The third-order valence-corrected chi connectivity index (χ3v) is 8.97. The number of benzene rings is 2. The smallest absolute Gasteiger partial charge is 0.238 e. The molecule has 4 bridgehead atoms. The number of hydrogen-bond donors (Lipinski definition) is 1. The minimum atomic E-state index is -0.213. The number of hydrogen-bond acceptors (Lipinski definition) is 2. The molecular formula is C26H31NOS. The summed E-state index contributed by atoms with van der Waals surface area (Å²) in [7, 11) is 0. The zero-order valence-electron chi connectivity index (χ0n) is 17.2. The SMILES string of the molecule is C[C@@H](NC(=O)[C@@H](Sc1ccccc1)c1ccccc1)C12CC3CC(CC(C3)C1)C2. The Morgan fingerprint density at radius 3 is 1.97 bits per heavy atom. The molecule has 0 heterocycles. The molecule has 0 aromatic heterocycles. The van der Waals surface area contributed by atoms with E-state index in [1.165, 1.54) is 38.5 Å². The highest BCUT2D eigenvalue weighted by Crippen LogP contribution is 2.61. The van der Waals surface area contributed by atoms with E-state index >= 15 is 0 Å². The monoisotopic (exact) mass is 405 g/mol. The molecule has 4 aliphatic carbocycles. The van der Waals surface area contributed by atoms with Gasteiger partial charge in [0.2, 0.25) is 5.91 Å². The average molecular weight is 406 g/mol. The molecule has 1 N–H and O–H groups in total. The molecule has 29 heavy (non-hydrogen) atoms. The molecule has 2 atom stereocenters. The summed E-state index contributed by atoms with van der Waals surface area (Å²) in [6, 6.07) is 20.8. The van der Waals surface area contributed by atoms with E-state index in [2.05, 4.69) is 36.5 Å². The van der Waals surface area contributed by atoms with Gasteiger partial charge in [0.05, 0.1) is 0 Å². The van der Waals surface area contributed by atoms with Gasteiger partial charge in [-0.1, -0.05) is 48.5 Å². The van der Waals surface area contributed by atoms with E-state index < -0.39 is 0 Å². The molecular weight excluding hydrogens is 374 g/mol. The van der Waals surface area contributed by atoms with Crippen molar-refractivity contribution in [3.05, 3.63) is 66.2 Å². The van der Waals surface area contributed by atoms with Crippen molar-refractivity contribution in [3.63, 3.8) is 0 Å². The standard InChI is InChI=1S/C26H31NOS/c1-18(26-15-19-12-20(16-26)14-21(13-19)17-26)27-25(28)24(22-8-4-2-5-9-22)29-23-10-6-3-7-11-23/h2-11,18-21,24H,12-17H2,1H3,(H,27,28)/t18-,19?,20?,21?,24+,26?/m1/s1. The Morgan fingerprint density at radius 2 is 1.41 bits per heavy atom. The molecule has 4 fully saturated rings. The van der Waals surface area contributed by atoms with Crippen LogP contribution in [0.15, 0.2) is 65.6 Å². The van der Waals surface area contributed by atoms with Gasteiger partial charge in [-0.3, -0.25) is 4.79 Å². The molecule has 4 aliphatic rings. The van der Waals surface area contributed by atoms with E-state index in [0.717, 1.165) is 28.2 Å². The van der Waals surface area contributed by atoms with Gasteiger partial charge in [-0.2, -0.15) is 0 Å². The maximum atomic E-state index is 13.5. The fraction of sp³-hybridized carbons (Fsp3) is 0.500. The zero-order valence-corrected chi connectivity index (χ0v) is 18.0. The molecule has 0 radical (unpaired) electrons. The predicted molar refractivity (Wildman–Crippen MR) is 120 cm³/mol. The van der Waals surface area contributed by atoms with Crippen molar-refractivity contribution in [2.45, 2.75) is 61.6 Å². The first-order chi connectivity index (χ1) is 14.1. The van der Waals surface area contributed by atoms with Crippen LogP contribution in [0.25, 0.3) is 0 Å². The molecule has 1 amide bonds. The summed E-state index contributed by atoms with van der Waals surface area (Å²) in [5.41, 5.74) is 1.42. The van der Waals surface area contributed by atoms with Gasteiger partial charge in [-0.25, -0.2) is 0 Å². The fourth-order valence-corrected chi connectivity index (χ4v) is 7.74. The average Bonchev–Trinajstić information content (AvgIpc) is 2.72. The lowest BCUT2D eigenvalue weighted by Gasteiger charge is -2.59.